The molecule has 2 atom stereocenters. The first kappa shape index (κ1) is 21.9. The van der Waals surface area contributed by atoms with Gasteiger partial charge in [-0.15, -0.1) is 0 Å². The number of carbonyl (C=O) groups is 1. The number of aryl methyl sites for hydroxylation is 4. The molecule has 2 aliphatic rings. The molecule has 6 nitrogen and oxygen atoms in total. The summed E-state index contributed by atoms with van der Waals surface area (Å²) in [6.45, 7) is 7.98. The number of thioether (sulfide) groups is 1. The molecule has 0 radical (unpaired) electrons. The SMILES string of the molecule is Cc1ccc(C)c(N2C(SCC(=O)Nc3c(C)cccc3C)=NC3CS(=O)(=O)CC32)c1. The minimum Gasteiger partial charge on any atom is -0.325 e. The third kappa shape index (κ3) is 4.50. The molecule has 2 unspecified atom stereocenters. The monoisotopic (exact) mass is 457 g/mol. The second kappa shape index (κ2) is 8.31. The Hall–Kier alpha value is -2.32. The van der Waals surface area contributed by atoms with E-state index < -0.39 is 9.84 Å². The number of para-hydroxylation sites is 1. The highest BCUT2D eigenvalue weighted by molar-refractivity contribution is 8.14. The summed E-state index contributed by atoms with van der Waals surface area (Å²) in [5.41, 5.74) is 6.01. The lowest BCUT2D eigenvalue weighted by molar-refractivity contribution is -0.113. The van der Waals surface area contributed by atoms with Gasteiger partial charge in [0.15, 0.2) is 15.0 Å². The molecule has 2 aliphatic heterocycles. The molecule has 164 valence electrons. The zero-order valence-corrected chi connectivity index (χ0v) is 19.8. The molecule has 0 spiro atoms. The highest BCUT2D eigenvalue weighted by atomic mass is 32.2. The van der Waals surface area contributed by atoms with E-state index in [9.17, 15) is 13.2 Å². The van der Waals surface area contributed by atoms with Crippen LogP contribution in [-0.4, -0.2) is 48.8 Å². The van der Waals surface area contributed by atoms with Crippen molar-refractivity contribution in [2.24, 2.45) is 4.99 Å². The van der Waals surface area contributed by atoms with Gasteiger partial charge in [-0.05, 0) is 56.0 Å². The van der Waals surface area contributed by atoms with Crippen LogP contribution in [-0.2, 0) is 14.6 Å². The van der Waals surface area contributed by atoms with Gasteiger partial charge in [0, 0.05) is 11.4 Å². The summed E-state index contributed by atoms with van der Waals surface area (Å²) in [5.74, 6) is 0.265. The van der Waals surface area contributed by atoms with Crippen molar-refractivity contribution < 1.29 is 13.2 Å². The molecular weight excluding hydrogens is 430 g/mol. The van der Waals surface area contributed by atoms with E-state index in [1.807, 2.05) is 62.9 Å². The quantitative estimate of drug-likeness (QED) is 0.758. The second-order valence-electron chi connectivity index (χ2n) is 8.39. The number of aliphatic imine (C=N–C) groups is 1. The summed E-state index contributed by atoms with van der Waals surface area (Å²) >= 11 is 1.37. The predicted octanol–water partition coefficient (Wildman–Crippen LogP) is 3.63. The maximum Gasteiger partial charge on any atom is 0.234 e. The van der Waals surface area contributed by atoms with Crippen LogP contribution in [0.3, 0.4) is 0 Å². The topological polar surface area (TPSA) is 78.8 Å². The molecule has 0 aliphatic carbocycles. The average molecular weight is 458 g/mol. The van der Waals surface area contributed by atoms with Gasteiger partial charge in [0.2, 0.25) is 5.91 Å². The Labute approximate surface area is 188 Å². The fourth-order valence-corrected chi connectivity index (χ4v) is 6.97. The lowest BCUT2D eigenvalue weighted by Gasteiger charge is -2.28. The van der Waals surface area contributed by atoms with Crippen LogP contribution in [0.5, 0.6) is 0 Å². The van der Waals surface area contributed by atoms with Crippen LogP contribution in [0, 0.1) is 27.7 Å². The van der Waals surface area contributed by atoms with Gasteiger partial charge in [-0.2, -0.15) is 0 Å². The molecule has 0 bridgehead atoms. The van der Waals surface area contributed by atoms with Crippen LogP contribution in [0.1, 0.15) is 22.3 Å². The van der Waals surface area contributed by atoms with E-state index >= 15 is 0 Å². The Morgan fingerprint density at radius 1 is 1.10 bits per heavy atom. The largest absolute Gasteiger partial charge is 0.325 e. The van der Waals surface area contributed by atoms with Crippen LogP contribution >= 0.6 is 11.8 Å². The Kier molecular flexibility index (Phi) is 5.87. The van der Waals surface area contributed by atoms with Crippen molar-refractivity contribution in [2.45, 2.75) is 39.8 Å². The molecule has 1 N–H and O–H groups in total. The molecule has 0 saturated carbocycles. The smallest absolute Gasteiger partial charge is 0.234 e. The van der Waals surface area contributed by atoms with Gasteiger partial charge in [-0.25, -0.2) is 8.42 Å². The van der Waals surface area contributed by atoms with Gasteiger partial charge in [0.05, 0.1) is 29.3 Å². The molecule has 1 saturated heterocycles. The second-order valence-corrected chi connectivity index (χ2v) is 11.5. The molecule has 2 aromatic rings. The zero-order valence-electron chi connectivity index (χ0n) is 18.2. The Morgan fingerprint density at radius 2 is 1.81 bits per heavy atom. The molecular formula is C23H27N3O3S2. The summed E-state index contributed by atoms with van der Waals surface area (Å²) < 4.78 is 24.5. The van der Waals surface area contributed by atoms with E-state index in [0.717, 1.165) is 38.8 Å². The summed E-state index contributed by atoms with van der Waals surface area (Å²) in [6.07, 6.45) is 0. The highest BCUT2D eigenvalue weighted by Gasteiger charge is 2.47. The van der Waals surface area contributed by atoms with Gasteiger partial charge >= 0.3 is 0 Å². The van der Waals surface area contributed by atoms with Gasteiger partial charge in [-0.3, -0.25) is 9.79 Å². The number of rotatable bonds is 4. The molecule has 4 rings (SSSR count). The summed E-state index contributed by atoms with van der Waals surface area (Å²) in [7, 11) is -3.11. The first-order valence-electron chi connectivity index (χ1n) is 10.3. The van der Waals surface area contributed by atoms with Crippen LogP contribution < -0.4 is 10.2 Å². The summed E-state index contributed by atoms with van der Waals surface area (Å²) in [6, 6.07) is 11.6. The van der Waals surface area contributed by atoms with Crippen LogP contribution in [0.15, 0.2) is 41.4 Å². The van der Waals surface area contributed by atoms with E-state index in [-0.39, 0.29) is 35.2 Å². The Balaban J connectivity index is 1.56. The van der Waals surface area contributed by atoms with E-state index in [1.165, 1.54) is 11.8 Å². The predicted molar refractivity (Wildman–Crippen MR) is 129 cm³/mol. The maximum atomic E-state index is 12.7. The molecule has 8 heteroatoms. The maximum absolute atomic E-state index is 12.7. The number of fused-ring (bicyclic) bond motifs is 1. The van der Waals surface area contributed by atoms with Gasteiger partial charge in [-0.1, -0.05) is 42.1 Å². The van der Waals surface area contributed by atoms with Gasteiger partial charge in [0.1, 0.15) is 0 Å². The standard InChI is InChI=1S/C23H27N3O3S2/c1-14-8-9-15(2)19(10-14)26-20-13-31(28,29)12-18(20)24-23(26)30-11-21(27)25-22-16(3)6-5-7-17(22)4/h5-10,18,20H,11-13H2,1-4H3,(H,25,27). The van der Waals surface area contributed by atoms with Crippen molar-refractivity contribution in [2.75, 3.05) is 27.5 Å². The van der Waals surface area contributed by atoms with E-state index in [1.54, 1.807) is 0 Å². The number of carbonyl (C=O) groups excluding carboxylic acids is 1. The fourth-order valence-electron chi connectivity index (χ4n) is 4.21. The molecule has 0 aromatic heterocycles. The minimum absolute atomic E-state index is 0.0672. The van der Waals surface area contributed by atoms with Crippen molar-refractivity contribution in [3.63, 3.8) is 0 Å². The summed E-state index contributed by atoms with van der Waals surface area (Å²) in [5, 5.41) is 3.73. The molecule has 2 aromatic carbocycles. The fraction of sp³-hybridized carbons (Fsp3) is 0.391. The van der Waals surface area contributed by atoms with Crippen molar-refractivity contribution >= 4 is 44.0 Å². The number of hydrogen-bond acceptors (Lipinski definition) is 6. The third-order valence-electron chi connectivity index (χ3n) is 5.81. The number of nitrogens with zero attached hydrogens (tertiary/aromatic N) is 2. The van der Waals surface area contributed by atoms with Crippen molar-refractivity contribution in [3.8, 4) is 0 Å². The van der Waals surface area contributed by atoms with Gasteiger partial charge in [0.25, 0.3) is 0 Å². The number of nitrogens with one attached hydrogen (secondary N) is 1. The lowest BCUT2D eigenvalue weighted by atomic mass is 10.1. The van der Waals surface area contributed by atoms with Crippen LogP contribution in [0.25, 0.3) is 0 Å². The normalized spacial score (nSPS) is 21.7. The van der Waals surface area contributed by atoms with Crippen molar-refractivity contribution in [3.05, 3.63) is 58.7 Å². The van der Waals surface area contributed by atoms with Crippen molar-refractivity contribution in [1.82, 2.24) is 0 Å². The van der Waals surface area contributed by atoms with Crippen LogP contribution in [0.2, 0.25) is 0 Å². The molecule has 1 amide bonds. The third-order valence-corrected chi connectivity index (χ3v) is 8.48. The highest BCUT2D eigenvalue weighted by Crippen LogP contribution is 2.37. The zero-order chi connectivity index (χ0) is 22.3. The first-order valence-corrected chi connectivity index (χ1v) is 13.1. The van der Waals surface area contributed by atoms with E-state index in [4.69, 9.17) is 4.99 Å². The summed E-state index contributed by atoms with van der Waals surface area (Å²) in [4.78, 5) is 19.5. The first-order chi connectivity index (χ1) is 14.6. The number of benzene rings is 2. The van der Waals surface area contributed by atoms with Gasteiger partial charge < -0.3 is 10.2 Å². The van der Waals surface area contributed by atoms with E-state index in [2.05, 4.69) is 11.4 Å². The number of hydrogen-bond donors (Lipinski definition) is 1. The Morgan fingerprint density at radius 3 is 2.52 bits per heavy atom. The number of sulfone groups is 1. The molecule has 2 heterocycles. The Bertz CT molecular complexity index is 1150. The van der Waals surface area contributed by atoms with E-state index in [0.29, 0.717) is 0 Å². The van der Waals surface area contributed by atoms with Crippen molar-refractivity contribution in [1.29, 1.82) is 0 Å². The molecule has 1 fully saturated rings. The number of amides is 1. The number of amidine groups is 1. The minimum atomic E-state index is -3.11. The number of anilines is 2. The average Bonchev–Trinajstić information content (AvgIpc) is 3.16. The van der Waals surface area contributed by atoms with Crippen LogP contribution in [0.4, 0.5) is 11.4 Å². The molecule has 31 heavy (non-hydrogen) atoms. The lowest BCUT2D eigenvalue weighted by Crippen LogP contribution is -2.40.